The Morgan fingerprint density at radius 3 is 1.79 bits per heavy atom. The van der Waals surface area contributed by atoms with Gasteiger partial charge in [0.05, 0.1) is 5.69 Å². The second-order valence-corrected chi connectivity index (χ2v) is 6.11. The predicted octanol–water partition coefficient (Wildman–Crippen LogP) is 4.94. The van der Waals surface area contributed by atoms with Crippen LogP contribution in [0.5, 0.6) is 0 Å². The second kappa shape index (κ2) is 8.49. The molecule has 0 radical (unpaired) electrons. The van der Waals surface area contributed by atoms with E-state index in [1.54, 1.807) is 18.6 Å². The predicted molar refractivity (Wildman–Crippen MR) is 112 cm³/mol. The average Bonchev–Trinajstić information content (AvgIpc) is 2.78. The first-order valence-electron chi connectivity index (χ1n) is 8.92. The highest BCUT2D eigenvalue weighted by Gasteiger charge is 2.00. The van der Waals surface area contributed by atoms with Crippen LogP contribution in [0.25, 0.3) is 11.3 Å². The standard InChI is InChI=1S/C26H16N2/c1-2-4-21(5-3-1)8-9-24-16-19-28-26(20-24)25-12-10-22(11-13-25)6-7-23-14-17-27-18-15-23/h1-5,10-20H. The summed E-state index contributed by atoms with van der Waals surface area (Å²) in [6.45, 7) is 0. The van der Waals surface area contributed by atoms with Crippen molar-refractivity contribution in [2.45, 2.75) is 0 Å². The Morgan fingerprint density at radius 1 is 0.500 bits per heavy atom. The first kappa shape index (κ1) is 17.3. The molecular formula is C26H16N2. The molecule has 0 amide bonds. The van der Waals surface area contributed by atoms with E-state index in [9.17, 15) is 0 Å². The van der Waals surface area contributed by atoms with E-state index in [1.807, 2.05) is 78.9 Å². The number of rotatable bonds is 1. The third-order valence-corrected chi connectivity index (χ3v) is 4.10. The van der Waals surface area contributed by atoms with Crippen molar-refractivity contribution < 1.29 is 0 Å². The minimum Gasteiger partial charge on any atom is -0.265 e. The van der Waals surface area contributed by atoms with Crippen molar-refractivity contribution in [1.29, 1.82) is 0 Å². The fourth-order valence-electron chi connectivity index (χ4n) is 2.64. The summed E-state index contributed by atoms with van der Waals surface area (Å²) in [5.74, 6) is 12.7. The first-order chi connectivity index (χ1) is 13.9. The summed E-state index contributed by atoms with van der Waals surface area (Å²) in [5.41, 5.74) is 5.78. The summed E-state index contributed by atoms with van der Waals surface area (Å²) in [7, 11) is 0. The lowest BCUT2D eigenvalue weighted by Crippen LogP contribution is -1.86. The van der Waals surface area contributed by atoms with Gasteiger partial charge in [0, 0.05) is 46.4 Å². The van der Waals surface area contributed by atoms with Crippen LogP contribution < -0.4 is 0 Å². The van der Waals surface area contributed by atoms with Crippen molar-refractivity contribution in [3.05, 3.63) is 120 Å². The topological polar surface area (TPSA) is 25.8 Å². The summed E-state index contributed by atoms with van der Waals surface area (Å²) >= 11 is 0. The monoisotopic (exact) mass is 356 g/mol. The maximum atomic E-state index is 4.48. The molecule has 0 fully saturated rings. The van der Waals surface area contributed by atoms with Gasteiger partial charge in [-0.25, -0.2) is 0 Å². The van der Waals surface area contributed by atoms with E-state index >= 15 is 0 Å². The van der Waals surface area contributed by atoms with Gasteiger partial charge >= 0.3 is 0 Å². The SMILES string of the molecule is C(#Cc1ccnc(-c2ccc(C#Cc3ccncc3)cc2)c1)c1ccccc1. The number of hydrogen-bond acceptors (Lipinski definition) is 2. The van der Waals surface area contributed by atoms with Crippen molar-refractivity contribution in [1.82, 2.24) is 9.97 Å². The molecule has 2 heterocycles. The average molecular weight is 356 g/mol. The molecule has 2 aromatic carbocycles. The summed E-state index contributed by atoms with van der Waals surface area (Å²) in [5, 5.41) is 0. The van der Waals surface area contributed by atoms with E-state index < -0.39 is 0 Å². The molecule has 0 aliphatic heterocycles. The van der Waals surface area contributed by atoms with Gasteiger partial charge in [-0.1, -0.05) is 54.0 Å². The van der Waals surface area contributed by atoms with Gasteiger partial charge in [0.15, 0.2) is 0 Å². The lowest BCUT2D eigenvalue weighted by Gasteiger charge is -2.01. The Balaban J connectivity index is 1.54. The molecule has 0 aliphatic carbocycles. The normalized spacial score (nSPS) is 9.57. The molecule has 2 heteroatoms. The van der Waals surface area contributed by atoms with E-state index in [2.05, 4.69) is 33.6 Å². The van der Waals surface area contributed by atoms with E-state index in [0.717, 1.165) is 33.5 Å². The highest BCUT2D eigenvalue weighted by atomic mass is 14.7. The molecule has 0 atom stereocenters. The molecule has 2 aromatic heterocycles. The molecule has 0 aliphatic rings. The van der Waals surface area contributed by atoms with Gasteiger partial charge in [-0.15, -0.1) is 0 Å². The van der Waals surface area contributed by atoms with Crippen molar-refractivity contribution >= 4 is 0 Å². The zero-order valence-electron chi connectivity index (χ0n) is 15.1. The third-order valence-electron chi connectivity index (χ3n) is 4.10. The zero-order chi connectivity index (χ0) is 19.0. The molecule has 28 heavy (non-hydrogen) atoms. The quantitative estimate of drug-likeness (QED) is 0.451. The van der Waals surface area contributed by atoms with E-state index in [-0.39, 0.29) is 0 Å². The van der Waals surface area contributed by atoms with Crippen molar-refractivity contribution in [2.75, 3.05) is 0 Å². The van der Waals surface area contributed by atoms with Gasteiger partial charge in [-0.05, 0) is 48.5 Å². The summed E-state index contributed by atoms with van der Waals surface area (Å²) in [6, 6.07) is 25.8. The van der Waals surface area contributed by atoms with Gasteiger partial charge in [0.25, 0.3) is 0 Å². The summed E-state index contributed by atoms with van der Waals surface area (Å²) in [4.78, 5) is 8.48. The Labute approximate surface area is 165 Å². The van der Waals surface area contributed by atoms with Gasteiger partial charge in [0.2, 0.25) is 0 Å². The van der Waals surface area contributed by atoms with Crippen LogP contribution in [0.4, 0.5) is 0 Å². The maximum absolute atomic E-state index is 4.48. The molecule has 4 rings (SSSR count). The van der Waals surface area contributed by atoms with Crippen LogP contribution in [0.1, 0.15) is 22.3 Å². The molecule has 0 saturated carbocycles. The van der Waals surface area contributed by atoms with E-state index in [0.29, 0.717) is 0 Å². The van der Waals surface area contributed by atoms with Gasteiger partial charge < -0.3 is 0 Å². The van der Waals surface area contributed by atoms with E-state index in [4.69, 9.17) is 0 Å². The number of aromatic nitrogens is 2. The molecule has 0 unspecified atom stereocenters. The molecule has 0 bridgehead atoms. The molecular weight excluding hydrogens is 340 g/mol. The van der Waals surface area contributed by atoms with E-state index in [1.165, 1.54) is 0 Å². The van der Waals surface area contributed by atoms with Gasteiger partial charge in [-0.2, -0.15) is 0 Å². The Kier molecular flexibility index (Phi) is 5.24. The molecule has 0 spiro atoms. The minimum absolute atomic E-state index is 0.897. The van der Waals surface area contributed by atoms with Crippen LogP contribution in [-0.2, 0) is 0 Å². The van der Waals surface area contributed by atoms with Gasteiger partial charge in [0.1, 0.15) is 0 Å². The van der Waals surface area contributed by atoms with Crippen LogP contribution in [0, 0.1) is 23.7 Å². The second-order valence-electron chi connectivity index (χ2n) is 6.11. The molecule has 130 valence electrons. The van der Waals surface area contributed by atoms with Crippen molar-refractivity contribution in [2.24, 2.45) is 0 Å². The Bertz CT molecular complexity index is 1190. The number of benzene rings is 2. The van der Waals surface area contributed by atoms with Gasteiger partial charge in [-0.3, -0.25) is 9.97 Å². The van der Waals surface area contributed by atoms with Crippen molar-refractivity contribution in [3.63, 3.8) is 0 Å². The molecule has 0 N–H and O–H groups in total. The lowest BCUT2D eigenvalue weighted by atomic mass is 10.1. The summed E-state index contributed by atoms with van der Waals surface area (Å²) in [6.07, 6.45) is 5.28. The van der Waals surface area contributed by atoms with Crippen LogP contribution in [0.2, 0.25) is 0 Å². The highest BCUT2D eigenvalue weighted by Crippen LogP contribution is 2.18. The van der Waals surface area contributed by atoms with Crippen LogP contribution >= 0.6 is 0 Å². The van der Waals surface area contributed by atoms with Crippen LogP contribution in [0.15, 0.2) is 97.5 Å². The minimum atomic E-state index is 0.897. The number of pyridine rings is 2. The zero-order valence-corrected chi connectivity index (χ0v) is 15.1. The highest BCUT2D eigenvalue weighted by molar-refractivity contribution is 5.62. The fourth-order valence-corrected chi connectivity index (χ4v) is 2.64. The third kappa shape index (κ3) is 4.52. The fraction of sp³-hybridized carbons (Fsp3) is 0. The number of hydrogen-bond donors (Lipinski definition) is 0. The first-order valence-corrected chi connectivity index (χ1v) is 8.92. The van der Waals surface area contributed by atoms with Crippen LogP contribution in [0.3, 0.4) is 0 Å². The lowest BCUT2D eigenvalue weighted by molar-refractivity contribution is 1.31. The molecule has 0 saturated heterocycles. The smallest absolute Gasteiger partial charge is 0.0714 e. The maximum Gasteiger partial charge on any atom is 0.0714 e. The van der Waals surface area contributed by atoms with Crippen LogP contribution in [-0.4, -0.2) is 9.97 Å². The summed E-state index contributed by atoms with van der Waals surface area (Å²) < 4.78 is 0. The Morgan fingerprint density at radius 2 is 1.07 bits per heavy atom. The molecule has 2 nitrogen and oxygen atoms in total. The number of nitrogens with zero attached hydrogens (tertiary/aromatic N) is 2. The van der Waals surface area contributed by atoms with Crippen molar-refractivity contribution in [3.8, 4) is 34.9 Å². The Hall–Kier alpha value is -4.14. The molecule has 4 aromatic rings. The largest absolute Gasteiger partial charge is 0.265 e.